The number of nitrogens with zero attached hydrogens (tertiary/aromatic N) is 2. The molecule has 2 unspecified atom stereocenters. The second-order valence-corrected chi connectivity index (χ2v) is 9.71. The number of hydrogen-bond acceptors (Lipinski definition) is 4. The molecule has 4 aliphatic rings. The number of rotatable bonds is 2. The van der Waals surface area contributed by atoms with Crippen LogP contribution in [0.3, 0.4) is 0 Å². The number of carbonyl (C=O) groups excluding carboxylic acids is 1. The van der Waals surface area contributed by atoms with Crippen LogP contribution < -0.4 is 5.32 Å². The standard InChI is InChI=1S/C22H33N3O2/c1-22(2,3)27-21(26)23-11-14-9-17-16-7-6-8-18-20(16)15(13-25(18)5)10-19(17)24(4)12-14/h6-8,13-14,16-17,19-20H,9-12H2,1-5H3,(H,23,26)/t14-,16?,17+,19+,20?/m0/s1. The second kappa shape index (κ2) is 6.69. The molecule has 5 heteroatoms. The number of piperidine rings is 1. The third-order valence-corrected chi connectivity index (χ3v) is 6.56. The van der Waals surface area contributed by atoms with Crippen molar-refractivity contribution in [2.75, 3.05) is 27.2 Å². The van der Waals surface area contributed by atoms with E-state index in [1.807, 2.05) is 20.8 Å². The van der Waals surface area contributed by atoms with Crippen molar-refractivity contribution in [2.45, 2.75) is 45.3 Å². The first-order valence-electron chi connectivity index (χ1n) is 10.2. The number of allylic oxidation sites excluding steroid dienone is 4. The van der Waals surface area contributed by atoms with Crippen molar-refractivity contribution >= 4 is 6.09 Å². The van der Waals surface area contributed by atoms with Gasteiger partial charge in [0.2, 0.25) is 0 Å². The minimum Gasteiger partial charge on any atom is -0.444 e. The van der Waals surface area contributed by atoms with Crippen molar-refractivity contribution in [1.82, 2.24) is 15.1 Å². The average molecular weight is 372 g/mol. The highest BCUT2D eigenvalue weighted by Crippen LogP contribution is 2.52. The van der Waals surface area contributed by atoms with Crippen molar-refractivity contribution in [3.05, 3.63) is 35.7 Å². The Morgan fingerprint density at radius 3 is 2.85 bits per heavy atom. The predicted molar refractivity (Wildman–Crippen MR) is 107 cm³/mol. The lowest BCUT2D eigenvalue weighted by molar-refractivity contribution is 0.0254. The number of alkyl carbamates (subject to hydrolysis) is 1. The third-order valence-electron chi connectivity index (χ3n) is 6.56. The van der Waals surface area contributed by atoms with Crippen molar-refractivity contribution in [2.24, 2.45) is 23.7 Å². The van der Waals surface area contributed by atoms with Gasteiger partial charge in [-0.1, -0.05) is 12.2 Å². The lowest BCUT2D eigenvalue weighted by Gasteiger charge is -2.51. The van der Waals surface area contributed by atoms with Gasteiger partial charge in [-0.3, -0.25) is 0 Å². The molecular weight excluding hydrogens is 338 g/mol. The van der Waals surface area contributed by atoms with Crippen molar-refractivity contribution in [3.63, 3.8) is 0 Å². The number of hydrogen-bond donors (Lipinski definition) is 1. The second-order valence-electron chi connectivity index (χ2n) is 9.71. The molecule has 0 aromatic carbocycles. The van der Waals surface area contributed by atoms with Gasteiger partial charge in [-0.2, -0.15) is 0 Å². The van der Waals surface area contributed by atoms with Gasteiger partial charge in [-0.05, 0) is 70.1 Å². The minimum atomic E-state index is -0.450. The third kappa shape index (κ3) is 3.54. The van der Waals surface area contributed by atoms with Crippen LogP contribution >= 0.6 is 0 Å². The number of likely N-dealkylation sites (tertiary alicyclic amines) is 1. The summed E-state index contributed by atoms with van der Waals surface area (Å²) in [5.41, 5.74) is 2.60. The summed E-state index contributed by atoms with van der Waals surface area (Å²) in [7, 11) is 4.43. The Morgan fingerprint density at radius 1 is 1.33 bits per heavy atom. The number of carbonyl (C=O) groups is 1. The summed E-state index contributed by atoms with van der Waals surface area (Å²) in [5.74, 6) is 2.25. The Hall–Kier alpha value is -1.75. The summed E-state index contributed by atoms with van der Waals surface area (Å²) in [4.78, 5) is 16.9. The van der Waals surface area contributed by atoms with Crippen LogP contribution in [0.5, 0.6) is 0 Å². The summed E-state index contributed by atoms with van der Waals surface area (Å²) in [6.07, 6.45) is 11.3. The van der Waals surface area contributed by atoms with E-state index in [0.29, 0.717) is 36.3 Å². The van der Waals surface area contributed by atoms with Crippen LogP contribution in [-0.2, 0) is 4.74 Å². The minimum absolute atomic E-state index is 0.304. The molecule has 148 valence electrons. The molecule has 0 aromatic heterocycles. The van der Waals surface area contributed by atoms with E-state index >= 15 is 0 Å². The molecule has 4 rings (SSSR count). The van der Waals surface area contributed by atoms with Gasteiger partial charge >= 0.3 is 6.09 Å². The highest BCUT2D eigenvalue weighted by Gasteiger charge is 2.49. The van der Waals surface area contributed by atoms with E-state index in [4.69, 9.17) is 4.74 Å². The zero-order valence-electron chi connectivity index (χ0n) is 17.2. The fourth-order valence-electron chi connectivity index (χ4n) is 5.58. The first-order valence-corrected chi connectivity index (χ1v) is 10.2. The van der Waals surface area contributed by atoms with Gasteiger partial charge < -0.3 is 19.9 Å². The molecule has 27 heavy (non-hydrogen) atoms. The Kier molecular flexibility index (Phi) is 4.61. The Balaban J connectivity index is 1.44. The highest BCUT2D eigenvalue weighted by molar-refractivity contribution is 5.67. The molecule has 2 aliphatic heterocycles. The molecule has 0 radical (unpaired) electrons. The van der Waals surface area contributed by atoms with E-state index < -0.39 is 5.60 Å². The maximum atomic E-state index is 12.0. The topological polar surface area (TPSA) is 44.8 Å². The zero-order chi connectivity index (χ0) is 19.3. The molecule has 1 saturated heterocycles. The molecule has 1 N–H and O–H groups in total. The zero-order valence-corrected chi connectivity index (χ0v) is 17.2. The van der Waals surface area contributed by atoms with E-state index in [2.05, 4.69) is 53.6 Å². The maximum absolute atomic E-state index is 12.0. The fourth-order valence-corrected chi connectivity index (χ4v) is 5.58. The van der Waals surface area contributed by atoms with Crippen LogP contribution in [0.25, 0.3) is 0 Å². The van der Waals surface area contributed by atoms with Crippen LogP contribution in [0.2, 0.25) is 0 Å². The summed E-state index contributed by atoms with van der Waals surface area (Å²) in [5, 5.41) is 3.00. The highest BCUT2D eigenvalue weighted by atomic mass is 16.6. The number of nitrogens with one attached hydrogen (secondary N) is 1. The molecule has 1 amide bonds. The molecule has 0 spiro atoms. The molecule has 5 nitrogen and oxygen atoms in total. The molecular formula is C22H33N3O2. The van der Waals surface area contributed by atoms with Crippen LogP contribution in [0, 0.1) is 23.7 Å². The SMILES string of the molecule is CN1C=C2C[C@@H]3[C@H](C[C@@H](CNC(=O)OC(C)(C)C)CN3C)C3C=CC=C1C23. The first-order chi connectivity index (χ1) is 12.7. The lowest BCUT2D eigenvalue weighted by atomic mass is 9.61. The lowest BCUT2D eigenvalue weighted by Crippen LogP contribution is -2.54. The number of ether oxygens (including phenoxy) is 1. The van der Waals surface area contributed by atoms with Crippen LogP contribution in [0.15, 0.2) is 35.7 Å². The van der Waals surface area contributed by atoms with E-state index in [9.17, 15) is 4.79 Å². The Morgan fingerprint density at radius 2 is 2.11 bits per heavy atom. The quantitative estimate of drug-likeness (QED) is 0.808. The fraction of sp³-hybridized carbons (Fsp3) is 0.682. The number of amides is 1. The normalized spacial score (nSPS) is 35.1. The Labute approximate surface area is 163 Å². The van der Waals surface area contributed by atoms with Crippen molar-refractivity contribution in [3.8, 4) is 0 Å². The van der Waals surface area contributed by atoms with Gasteiger partial charge in [0.05, 0.1) is 0 Å². The molecule has 2 fully saturated rings. The van der Waals surface area contributed by atoms with Gasteiger partial charge in [-0.15, -0.1) is 0 Å². The van der Waals surface area contributed by atoms with E-state index in [1.165, 1.54) is 18.5 Å². The van der Waals surface area contributed by atoms with Crippen molar-refractivity contribution < 1.29 is 9.53 Å². The van der Waals surface area contributed by atoms with Crippen LogP contribution in [0.4, 0.5) is 4.79 Å². The van der Waals surface area contributed by atoms with E-state index in [-0.39, 0.29) is 6.09 Å². The maximum Gasteiger partial charge on any atom is 0.407 e. The smallest absolute Gasteiger partial charge is 0.407 e. The van der Waals surface area contributed by atoms with Gasteiger partial charge in [0.25, 0.3) is 0 Å². The molecule has 2 heterocycles. The molecule has 1 saturated carbocycles. The molecule has 2 aliphatic carbocycles. The summed E-state index contributed by atoms with van der Waals surface area (Å²) < 4.78 is 5.40. The molecule has 0 aromatic rings. The number of fused-ring (bicyclic) bond motifs is 2. The van der Waals surface area contributed by atoms with Crippen LogP contribution in [-0.4, -0.2) is 54.7 Å². The predicted octanol–water partition coefficient (Wildman–Crippen LogP) is 3.37. The summed E-state index contributed by atoms with van der Waals surface area (Å²) in [6.45, 7) is 7.42. The average Bonchev–Trinajstić information content (AvgIpc) is 2.90. The van der Waals surface area contributed by atoms with Gasteiger partial charge in [0.15, 0.2) is 0 Å². The van der Waals surface area contributed by atoms with Crippen LogP contribution in [0.1, 0.15) is 33.6 Å². The largest absolute Gasteiger partial charge is 0.444 e. The van der Waals surface area contributed by atoms with E-state index in [0.717, 1.165) is 6.54 Å². The van der Waals surface area contributed by atoms with Gasteiger partial charge in [0, 0.05) is 44.0 Å². The van der Waals surface area contributed by atoms with Gasteiger partial charge in [0.1, 0.15) is 5.60 Å². The monoisotopic (exact) mass is 371 g/mol. The molecule has 5 atom stereocenters. The van der Waals surface area contributed by atoms with E-state index in [1.54, 1.807) is 5.57 Å². The van der Waals surface area contributed by atoms with Crippen molar-refractivity contribution in [1.29, 1.82) is 0 Å². The summed E-state index contributed by atoms with van der Waals surface area (Å²) >= 11 is 0. The first kappa shape index (κ1) is 18.6. The Bertz CT molecular complexity index is 703. The molecule has 0 bridgehead atoms. The summed E-state index contributed by atoms with van der Waals surface area (Å²) in [6, 6.07) is 0.603. The van der Waals surface area contributed by atoms with Gasteiger partial charge in [-0.25, -0.2) is 4.79 Å².